The van der Waals surface area contributed by atoms with E-state index < -0.39 is 0 Å². The van der Waals surface area contributed by atoms with E-state index >= 15 is 0 Å². The van der Waals surface area contributed by atoms with Gasteiger partial charge in [0.05, 0.1) is 0 Å². The molecule has 40 heavy (non-hydrogen) atoms. The second-order valence-corrected chi connectivity index (χ2v) is 13.1. The van der Waals surface area contributed by atoms with Crippen molar-refractivity contribution in [3.8, 4) is 0 Å². The normalized spacial score (nSPS) is 22.6. The van der Waals surface area contributed by atoms with Crippen molar-refractivity contribution >= 4 is 0 Å². The number of rotatable bonds is 10. The Bertz CT molecular complexity index is 1200. The fourth-order valence-electron chi connectivity index (χ4n) is 5.62. The maximum atomic E-state index is 4.30. The molecule has 0 aliphatic heterocycles. The first-order chi connectivity index (χ1) is 18.8. The minimum absolute atomic E-state index is 0.229. The molecule has 0 aromatic heterocycles. The lowest BCUT2D eigenvalue weighted by molar-refractivity contribution is 0.371. The van der Waals surface area contributed by atoms with Crippen molar-refractivity contribution in [3.05, 3.63) is 137 Å². The molecule has 1 saturated carbocycles. The molecule has 2 aliphatic carbocycles. The van der Waals surface area contributed by atoms with Gasteiger partial charge < -0.3 is 0 Å². The van der Waals surface area contributed by atoms with Crippen LogP contribution in [0.1, 0.15) is 101 Å². The summed E-state index contributed by atoms with van der Waals surface area (Å²) >= 11 is 0. The molecular weight excluding hydrogens is 480 g/mol. The Balaban J connectivity index is 1.86. The van der Waals surface area contributed by atoms with Crippen LogP contribution in [0.5, 0.6) is 0 Å². The summed E-state index contributed by atoms with van der Waals surface area (Å²) in [5.74, 6) is 0. The Morgan fingerprint density at radius 1 is 0.675 bits per heavy atom. The highest BCUT2D eigenvalue weighted by Crippen LogP contribution is 2.43. The summed E-state index contributed by atoms with van der Waals surface area (Å²) in [7, 11) is 0. The van der Waals surface area contributed by atoms with Gasteiger partial charge in [-0.1, -0.05) is 150 Å². The predicted octanol–water partition coefficient (Wildman–Crippen LogP) is 12.4. The fraction of sp³-hybridized carbons (Fsp3) is 0.425. The van der Waals surface area contributed by atoms with Crippen LogP contribution in [0.4, 0.5) is 0 Å². The zero-order valence-corrected chi connectivity index (χ0v) is 27.0. The second kappa shape index (κ2) is 15.7. The maximum Gasteiger partial charge on any atom is -0.0101 e. The van der Waals surface area contributed by atoms with Crippen molar-refractivity contribution in [2.75, 3.05) is 0 Å². The third-order valence-corrected chi connectivity index (χ3v) is 8.22. The lowest BCUT2D eigenvalue weighted by Gasteiger charge is -2.39. The van der Waals surface area contributed by atoms with Gasteiger partial charge >= 0.3 is 0 Å². The summed E-state index contributed by atoms with van der Waals surface area (Å²) in [6.07, 6.45) is 38.0. The molecule has 2 rings (SSSR count). The third kappa shape index (κ3) is 11.2. The van der Waals surface area contributed by atoms with E-state index in [9.17, 15) is 0 Å². The van der Waals surface area contributed by atoms with E-state index in [0.717, 1.165) is 6.42 Å². The summed E-state index contributed by atoms with van der Waals surface area (Å²) in [6.45, 7) is 24.6. The number of allylic oxidation sites excluding steroid dienone is 21. The van der Waals surface area contributed by atoms with Gasteiger partial charge in [-0.05, 0) is 62.9 Å². The van der Waals surface area contributed by atoms with Crippen molar-refractivity contribution in [2.24, 2.45) is 10.8 Å². The van der Waals surface area contributed by atoms with Crippen LogP contribution in [0, 0.1) is 17.3 Å². The highest BCUT2D eigenvalue weighted by atomic mass is 14.3. The Morgan fingerprint density at radius 3 is 1.75 bits per heavy atom. The van der Waals surface area contributed by atoms with Crippen LogP contribution >= 0.6 is 0 Å². The average molecular weight is 536 g/mol. The van der Waals surface area contributed by atoms with Crippen LogP contribution in [0.25, 0.3) is 0 Å². The van der Waals surface area contributed by atoms with Crippen LogP contribution in [-0.2, 0) is 0 Å². The van der Waals surface area contributed by atoms with Crippen molar-refractivity contribution in [2.45, 2.75) is 101 Å². The average Bonchev–Trinajstić information content (AvgIpc) is 2.85. The van der Waals surface area contributed by atoms with E-state index in [1.54, 1.807) is 5.57 Å². The summed E-state index contributed by atoms with van der Waals surface area (Å²) in [6, 6.07) is 0. The van der Waals surface area contributed by atoms with Gasteiger partial charge in [0.15, 0.2) is 0 Å². The molecule has 0 atom stereocenters. The van der Waals surface area contributed by atoms with Gasteiger partial charge in [0.1, 0.15) is 0 Å². The molecular formula is C40H55-. The Kier molecular flexibility index (Phi) is 13.0. The van der Waals surface area contributed by atoms with E-state index in [0.29, 0.717) is 0 Å². The highest BCUT2D eigenvalue weighted by molar-refractivity contribution is 5.41. The zero-order valence-electron chi connectivity index (χ0n) is 27.0. The summed E-state index contributed by atoms with van der Waals surface area (Å²) in [5, 5.41) is 0. The van der Waals surface area contributed by atoms with Crippen LogP contribution in [0.2, 0.25) is 0 Å². The van der Waals surface area contributed by atoms with Crippen LogP contribution < -0.4 is 0 Å². The molecule has 0 spiro atoms. The van der Waals surface area contributed by atoms with Crippen LogP contribution in [0.15, 0.2) is 130 Å². The third-order valence-electron chi connectivity index (χ3n) is 8.22. The highest BCUT2D eigenvalue weighted by Gasteiger charge is 2.28. The van der Waals surface area contributed by atoms with E-state index in [4.69, 9.17) is 0 Å². The molecule has 0 bridgehead atoms. The lowest BCUT2D eigenvalue weighted by atomic mass is 9.71. The molecule has 0 saturated heterocycles. The molecule has 0 aromatic rings. The van der Waals surface area contributed by atoms with Crippen molar-refractivity contribution < 1.29 is 0 Å². The van der Waals surface area contributed by atoms with E-state index in [2.05, 4.69) is 154 Å². The molecule has 0 aromatic carbocycles. The first-order valence-electron chi connectivity index (χ1n) is 15.2. The maximum absolute atomic E-state index is 4.30. The monoisotopic (exact) mass is 535 g/mol. The van der Waals surface area contributed by atoms with E-state index in [1.807, 2.05) is 0 Å². The summed E-state index contributed by atoms with van der Waals surface area (Å²) in [5.41, 5.74) is 11.3. The molecule has 0 nitrogen and oxygen atoms in total. The fourth-order valence-corrected chi connectivity index (χ4v) is 5.62. The Hall–Kier alpha value is -2.99. The van der Waals surface area contributed by atoms with Crippen molar-refractivity contribution in [1.29, 1.82) is 0 Å². The molecule has 1 fully saturated rings. The topological polar surface area (TPSA) is 0 Å². The Morgan fingerprint density at radius 2 is 1.18 bits per heavy atom. The quantitative estimate of drug-likeness (QED) is 0.193. The Labute approximate surface area is 247 Å². The molecule has 0 unspecified atom stereocenters. The SMILES string of the molecule is C=C1CCCC(C)(C)/C1=C/C=C(C)/C=C/C=C(C)/C=C/C=C/C(C)=C/C=C/C(C)=C/[CH-]C1=C(C)CCCC1(C)C. The van der Waals surface area contributed by atoms with E-state index in [1.165, 1.54) is 71.1 Å². The number of hydrogen-bond acceptors (Lipinski definition) is 0. The van der Waals surface area contributed by atoms with Gasteiger partial charge in [-0.3, -0.25) is 0 Å². The minimum Gasteiger partial charge on any atom is -0.168 e. The van der Waals surface area contributed by atoms with Gasteiger partial charge in [-0.2, -0.15) is 23.6 Å². The van der Waals surface area contributed by atoms with E-state index in [-0.39, 0.29) is 10.8 Å². The lowest BCUT2D eigenvalue weighted by Crippen LogP contribution is -2.20. The molecule has 0 heteroatoms. The molecule has 0 radical (unpaired) electrons. The molecule has 216 valence electrons. The van der Waals surface area contributed by atoms with Gasteiger partial charge in [0.2, 0.25) is 0 Å². The molecule has 0 amide bonds. The van der Waals surface area contributed by atoms with Gasteiger partial charge in [0, 0.05) is 0 Å². The van der Waals surface area contributed by atoms with Gasteiger partial charge in [0.25, 0.3) is 0 Å². The zero-order chi connectivity index (χ0) is 29.8. The molecule has 0 heterocycles. The molecule has 0 N–H and O–H groups in total. The standard InChI is InChI=1S/C40H55/c1-31(19-13-21-33(3)25-27-37-35(5)23-15-29-39(37,7)8)17-11-12-18-32(2)20-14-22-34(4)26-28-38-36(6)24-16-30-40(38,9)10/h11-14,17-22,25-28H,5,15-16,23-24,29-30H2,1-4,6-10H3/q-1/b17-11+,18-12+,21-13+,22-14+,31-19+,32-20+,33-25+,34-26+,37-27+. The second-order valence-electron chi connectivity index (χ2n) is 13.1. The smallest absolute Gasteiger partial charge is 0.0101 e. The van der Waals surface area contributed by atoms with Crippen LogP contribution in [0.3, 0.4) is 0 Å². The van der Waals surface area contributed by atoms with Crippen molar-refractivity contribution in [3.63, 3.8) is 0 Å². The first-order valence-corrected chi connectivity index (χ1v) is 15.2. The largest absolute Gasteiger partial charge is 0.168 e. The predicted molar refractivity (Wildman–Crippen MR) is 181 cm³/mol. The van der Waals surface area contributed by atoms with Crippen LogP contribution in [-0.4, -0.2) is 0 Å². The van der Waals surface area contributed by atoms with Gasteiger partial charge in [-0.25, -0.2) is 0 Å². The number of hydrogen-bond donors (Lipinski definition) is 0. The summed E-state index contributed by atoms with van der Waals surface area (Å²) in [4.78, 5) is 0. The van der Waals surface area contributed by atoms with Crippen molar-refractivity contribution in [1.82, 2.24) is 0 Å². The minimum atomic E-state index is 0.229. The molecule has 2 aliphatic rings. The first kappa shape index (κ1) is 33.2. The summed E-state index contributed by atoms with van der Waals surface area (Å²) < 4.78 is 0. The van der Waals surface area contributed by atoms with Gasteiger partial charge in [-0.15, -0.1) is 11.6 Å².